The summed E-state index contributed by atoms with van der Waals surface area (Å²) in [6, 6.07) is 12.4. The minimum atomic E-state index is -0.718. The fraction of sp³-hybridized carbons (Fsp3) is 0.0500. The molecule has 2 aromatic heterocycles. The number of aryl methyl sites for hydroxylation is 1. The van der Waals surface area contributed by atoms with Crippen LogP contribution in [0.4, 0.5) is 13.9 Å². The zero-order valence-electron chi connectivity index (χ0n) is 14.6. The minimum absolute atomic E-state index is 0.157. The predicted molar refractivity (Wildman–Crippen MR) is 102 cm³/mol. The van der Waals surface area contributed by atoms with E-state index in [2.05, 4.69) is 15.5 Å². The van der Waals surface area contributed by atoms with Crippen LogP contribution in [0.1, 0.15) is 16.1 Å². The summed E-state index contributed by atoms with van der Waals surface area (Å²) in [6.07, 6.45) is 0. The van der Waals surface area contributed by atoms with Crippen molar-refractivity contribution in [2.45, 2.75) is 6.92 Å². The molecule has 0 atom stereocenters. The lowest BCUT2D eigenvalue weighted by atomic mass is 10.1. The first kappa shape index (κ1) is 18.0. The Balaban J connectivity index is 1.61. The van der Waals surface area contributed by atoms with Gasteiger partial charge in [-0.25, -0.2) is 13.8 Å². The summed E-state index contributed by atoms with van der Waals surface area (Å²) in [5, 5.41) is 8.54. The Morgan fingerprint density at radius 3 is 2.68 bits per heavy atom. The smallest absolute Gasteiger partial charge is 0.263 e. The molecular formula is C20H13F2N3O2S. The zero-order chi connectivity index (χ0) is 19.7. The van der Waals surface area contributed by atoms with Gasteiger partial charge >= 0.3 is 0 Å². The summed E-state index contributed by atoms with van der Waals surface area (Å²) >= 11 is 1.14. The quantitative estimate of drug-likeness (QED) is 0.507. The Morgan fingerprint density at radius 2 is 1.93 bits per heavy atom. The number of carbonyl (C=O) groups excluding carboxylic acids is 1. The molecule has 0 spiro atoms. The van der Waals surface area contributed by atoms with Crippen molar-refractivity contribution in [1.82, 2.24) is 10.1 Å². The third-order valence-corrected chi connectivity index (χ3v) is 4.83. The summed E-state index contributed by atoms with van der Waals surface area (Å²) < 4.78 is 32.2. The molecule has 0 aliphatic rings. The molecule has 2 aromatic carbocycles. The second-order valence-corrected chi connectivity index (χ2v) is 6.80. The van der Waals surface area contributed by atoms with Gasteiger partial charge in [0.25, 0.3) is 5.91 Å². The maximum absolute atomic E-state index is 13.9. The number of benzene rings is 2. The van der Waals surface area contributed by atoms with Crippen molar-refractivity contribution < 1.29 is 18.1 Å². The average Bonchev–Trinajstić information content (AvgIpc) is 3.29. The Bertz CT molecular complexity index is 1160. The molecule has 1 amide bonds. The highest BCUT2D eigenvalue weighted by Gasteiger charge is 2.22. The van der Waals surface area contributed by atoms with Crippen LogP contribution in [0.25, 0.3) is 22.5 Å². The first-order valence-electron chi connectivity index (χ1n) is 8.27. The van der Waals surface area contributed by atoms with Crippen LogP contribution >= 0.6 is 11.3 Å². The van der Waals surface area contributed by atoms with Crippen LogP contribution in [0.3, 0.4) is 0 Å². The largest absolute Gasteiger partial charge is 0.360 e. The third-order valence-electron chi connectivity index (χ3n) is 4.07. The number of nitrogens with zero attached hydrogens (tertiary/aromatic N) is 2. The predicted octanol–water partition coefficient (Wildman–Crippen LogP) is 5.30. The summed E-state index contributed by atoms with van der Waals surface area (Å²) in [5.41, 5.74) is 1.94. The Hall–Kier alpha value is -3.39. The van der Waals surface area contributed by atoms with Gasteiger partial charge in [0, 0.05) is 22.6 Å². The maximum Gasteiger partial charge on any atom is 0.263 e. The van der Waals surface area contributed by atoms with Crippen LogP contribution in [0.15, 0.2) is 58.4 Å². The van der Waals surface area contributed by atoms with Crippen LogP contribution in [0, 0.1) is 18.6 Å². The first-order valence-corrected chi connectivity index (χ1v) is 9.15. The normalized spacial score (nSPS) is 10.8. The number of rotatable bonds is 4. The van der Waals surface area contributed by atoms with Crippen molar-refractivity contribution in [3.8, 4) is 22.5 Å². The Labute approximate surface area is 162 Å². The van der Waals surface area contributed by atoms with E-state index in [1.54, 1.807) is 12.3 Å². The van der Waals surface area contributed by atoms with E-state index in [0.717, 1.165) is 29.0 Å². The van der Waals surface area contributed by atoms with Crippen LogP contribution in [0.2, 0.25) is 0 Å². The molecule has 4 aromatic rings. The van der Waals surface area contributed by atoms with Gasteiger partial charge in [-0.05, 0) is 19.1 Å². The van der Waals surface area contributed by atoms with Gasteiger partial charge in [0.15, 0.2) is 5.13 Å². The van der Waals surface area contributed by atoms with E-state index in [0.29, 0.717) is 22.7 Å². The number of thiazole rings is 1. The number of halogens is 2. The van der Waals surface area contributed by atoms with Crippen molar-refractivity contribution in [3.63, 3.8) is 0 Å². The second kappa shape index (κ2) is 7.32. The molecule has 28 heavy (non-hydrogen) atoms. The van der Waals surface area contributed by atoms with Crippen molar-refractivity contribution >= 4 is 22.4 Å². The van der Waals surface area contributed by atoms with Gasteiger partial charge in [0.05, 0.1) is 5.69 Å². The van der Waals surface area contributed by atoms with E-state index in [1.807, 2.05) is 30.3 Å². The molecule has 0 bridgehead atoms. The van der Waals surface area contributed by atoms with Crippen molar-refractivity contribution in [3.05, 3.63) is 76.9 Å². The van der Waals surface area contributed by atoms with E-state index in [1.165, 1.54) is 6.07 Å². The molecule has 2 heterocycles. The molecule has 0 aliphatic carbocycles. The number of hydrogen-bond acceptors (Lipinski definition) is 5. The van der Waals surface area contributed by atoms with Gasteiger partial charge < -0.3 is 4.52 Å². The van der Waals surface area contributed by atoms with Gasteiger partial charge in [-0.15, -0.1) is 11.3 Å². The lowest BCUT2D eigenvalue weighted by Crippen LogP contribution is -2.13. The number of nitrogens with one attached hydrogen (secondary N) is 1. The van der Waals surface area contributed by atoms with E-state index >= 15 is 0 Å². The highest BCUT2D eigenvalue weighted by Crippen LogP contribution is 2.29. The number of hydrogen-bond donors (Lipinski definition) is 1. The number of carbonyl (C=O) groups is 1. The zero-order valence-corrected chi connectivity index (χ0v) is 15.4. The van der Waals surface area contributed by atoms with E-state index < -0.39 is 17.5 Å². The molecule has 0 saturated carbocycles. The highest BCUT2D eigenvalue weighted by atomic mass is 32.1. The SMILES string of the molecule is Cc1onc(-c2ccccc2)c1C(=O)Nc1nc(-c2ccc(F)cc2F)cs1. The molecule has 4 rings (SSSR count). The fourth-order valence-corrected chi connectivity index (χ4v) is 3.45. The fourth-order valence-electron chi connectivity index (χ4n) is 2.74. The van der Waals surface area contributed by atoms with Crippen LogP contribution in [-0.4, -0.2) is 16.0 Å². The van der Waals surface area contributed by atoms with Crippen LogP contribution in [0.5, 0.6) is 0 Å². The Morgan fingerprint density at radius 1 is 1.14 bits per heavy atom. The number of amides is 1. The molecule has 0 radical (unpaired) electrons. The minimum Gasteiger partial charge on any atom is -0.360 e. The van der Waals surface area contributed by atoms with Gasteiger partial charge in [-0.2, -0.15) is 0 Å². The topological polar surface area (TPSA) is 68.0 Å². The number of anilines is 1. The molecule has 5 nitrogen and oxygen atoms in total. The van der Waals surface area contributed by atoms with Crippen LogP contribution < -0.4 is 5.32 Å². The van der Waals surface area contributed by atoms with Crippen LogP contribution in [-0.2, 0) is 0 Å². The maximum atomic E-state index is 13.9. The standard InChI is InChI=1S/C20H13F2N3O2S/c1-11-17(18(25-27-11)12-5-3-2-4-6-12)19(26)24-20-23-16(10-28-20)14-8-7-13(21)9-15(14)22/h2-10H,1H3,(H,23,24,26). The Kier molecular flexibility index (Phi) is 4.70. The molecule has 1 N–H and O–H groups in total. The monoisotopic (exact) mass is 397 g/mol. The summed E-state index contributed by atoms with van der Waals surface area (Å²) in [7, 11) is 0. The third kappa shape index (κ3) is 3.41. The van der Waals surface area contributed by atoms with Gasteiger partial charge in [-0.3, -0.25) is 10.1 Å². The molecular weight excluding hydrogens is 384 g/mol. The summed E-state index contributed by atoms with van der Waals surface area (Å²) in [6.45, 7) is 1.65. The van der Waals surface area contributed by atoms with Gasteiger partial charge in [0.2, 0.25) is 0 Å². The van der Waals surface area contributed by atoms with Gasteiger partial charge in [-0.1, -0.05) is 35.5 Å². The molecule has 0 fully saturated rings. The van der Waals surface area contributed by atoms with E-state index in [9.17, 15) is 13.6 Å². The molecule has 8 heteroatoms. The summed E-state index contributed by atoms with van der Waals surface area (Å²) in [5.74, 6) is -1.44. The average molecular weight is 397 g/mol. The van der Waals surface area contributed by atoms with Gasteiger partial charge in [0.1, 0.15) is 28.7 Å². The highest BCUT2D eigenvalue weighted by molar-refractivity contribution is 7.14. The van der Waals surface area contributed by atoms with E-state index in [4.69, 9.17) is 4.52 Å². The summed E-state index contributed by atoms with van der Waals surface area (Å²) in [4.78, 5) is 17.0. The molecule has 0 aliphatic heterocycles. The molecule has 0 unspecified atom stereocenters. The van der Waals surface area contributed by atoms with Crippen molar-refractivity contribution in [2.75, 3.05) is 5.32 Å². The lowest BCUT2D eigenvalue weighted by molar-refractivity contribution is 0.102. The van der Waals surface area contributed by atoms with Crippen molar-refractivity contribution in [1.29, 1.82) is 0 Å². The molecule has 140 valence electrons. The van der Waals surface area contributed by atoms with E-state index in [-0.39, 0.29) is 10.7 Å². The first-order chi connectivity index (χ1) is 13.5. The van der Waals surface area contributed by atoms with Crippen molar-refractivity contribution in [2.24, 2.45) is 0 Å². The molecule has 0 saturated heterocycles. The second-order valence-electron chi connectivity index (χ2n) is 5.94. The number of aromatic nitrogens is 2. The lowest BCUT2D eigenvalue weighted by Gasteiger charge is -2.03.